The molecule has 5 heteroatoms. The Kier molecular flexibility index (Phi) is 6.02. The Morgan fingerprint density at radius 1 is 1.12 bits per heavy atom. The Bertz CT molecular complexity index is 762. The van der Waals surface area contributed by atoms with E-state index in [1.807, 2.05) is 32.0 Å². The number of nitriles is 1. The molecule has 0 aromatic heterocycles. The van der Waals surface area contributed by atoms with E-state index in [1.165, 1.54) is 12.1 Å². The van der Waals surface area contributed by atoms with Gasteiger partial charge in [-0.3, -0.25) is 4.79 Å². The van der Waals surface area contributed by atoms with Gasteiger partial charge in [0.15, 0.2) is 0 Å². The molecule has 5 nitrogen and oxygen atoms in total. The monoisotopic (exact) mass is 339 g/mol. The zero-order chi connectivity index (χ0) is 18.4. The number of hydrogen-bond acceptors (Lipinski definition) is 5. The molecule has 0 saturated carbocycles. The van der Waals surface area contributed by atoms with Gasteiger partial charge in [-0.05, 0) is 35.7 Å². The lowest BCUT2D eigenvalue weighted by Crippen LogP contribution is -2.22. The van der Waals surface area contributed by atoms with Crippen LogP contribution in [0.4, 0.5) is 0 Å². The minimum Gasteiger partial charge on any atom is -0.508 e. The van der Waals surface area contributed by atoms with E-state index in [4.69, 9.17) is 9.47 Å². The standard InChI is InChI=1S/C20H21NO4/c1-13(2)19(14-7-9-17(24-3)10-8-14)20(23)25-18(12-21)15-5-4-6-16(22)11-15/h4-11,13,18-19,22H,1-3H3. The maximum atomic E-state index is 12.7. The van der Waals surface area contributed by atoms with Crippen molar-refractivity contribution in [3.8, 4) is 17.6 Å². The fourth-order valence-corrected chi connectivity index (χ4v) is 2.65. The van der Waals surface area contributed by atoms with E-state index >= 15 is 0 Å². The number of methoxy groups -OCH3 is 1. The predicted molar refractivity (Wildman–Crippen MR) is 93.1 cm³/mol. The van der Waals surface area contributed by atoms with Gasteiger partial charge in [-0.1, -0.05) is 38.1 Å². The van der Waals surface area contributed by atoms with Crippen molar-refractivity contribution in [1.82, 2.24) is 0 Å². The minimum absolute atomic E-state index is 0.00980. The third kappa shape index (κ3) is 4.51. The smallest absolute Gasteiger partial charge is 0.315 e. The summed E-state index contributed by atoms with van der Waals surface area (Å²) >= 11 is 0. The van der Waals surface area contributed by atoms with Crippen LogP contribution in [0, 0.1) is 17.2 Å². The summed E-state index contributed by atoms with van der Waals surface area (Å²) in [6.45, 7) is 3.85. The van der Waals surface area contributed by atoms with Gasteiger partial charge < -0.3 is 14.6 Å². The molecule has 0 aliphatic heterocycles. The number of esters is 1. The number of phenolic OH excluding ortho intramolecular Hbond substituents is 1. The Morgan fingerprint density at radius 3 is 2.32 bits per heavy atom. The average molecular weight is 339 g/mol. The number of phenols is 1. The first kappa shape index (κ1) is 18.3. The first-order valence-corrected chi connectivity index (χ1v) is 7.99. The first-order chi connectivity index (χ1) is 12.0. The second-order valence-corrected chi connectivity index (χ2v) is 6.04. The number of ether oxygens (including phenoxy) is 2. The van der Waals surface area contributed by atoms with E-state index < -0.39 is 18.0 Å². The van der Waals surface area contributed by atoms with Gasteiger partial charge in [-0.15, -0.1) is 0 Å². The topological polar surface area (TPSA) is 79.5 Å². The minimum atomic E-state index is -1.07. The third-order valence-corrected chi connectivity index (χ3v) is 3.92. The summed E-state index contributed by atoms with van der Waals surface area (Å²) < 4.78 is 10.6. The van der Waals surface area contributed by atoms with Gasteiger partial charge in [-0.25, -0.2) is 0 Å². The summed E-state index contributed by atoms with van der Waals surface area (Å²) in [4.78, 5) is 12.7. The summed E-state index contributed by atoms with van der Waals surface area (Å²) in [5, 5.41) is 18.9. The molecule has 0 bridgehead atoms. The molecule has 130 valence electrons. The van der Waals surface area contributed by atoms with Gasteiger partial charge in [0.1, 0.15) is 17.6 Å². The molecule has 1 N–H and O–H groups in total. The molecule has 2 aromatic carbocycles. The van der Waals surface area contributed by atoms with Gasteiger partial charge in [0.05, 0.1) is 13.0 Å². The highest BCUT2D eigenvalue weighted by Gasteiger charge is 2.28. The number of benzene rings is 2. The van der Waals surface area contributed by atoms with Crippen LogP contribution >= 0.6 is 0 Å². The second-order valence-electron chi connectivity index (χ2n) is 6.04. The van der Waals surface area contributed by atoms with E-state index in [1.54, 1.807) is 31.4 Å². The molecule has 2 unspecified atom stereocenters. The summed E-state index contributed by atoms with van der Waals surface area (Å²) in [7, 11) is 1.58. The van der Waals surface area contributed by atoms with Crippen LogP contribution in [-0.2, 0) is 9.53 Å². The van der Waals surface area contributed by atoms with Crippen LogP contribution in [-0.4, -0.2) is 18.2 Å². The fraction of sp³-hybridized carbons (Fsp3) is 0.300. The Balaban J connectivity index is 2.23. The second kappa shape index (κ2) is 8.20. The van der Waals surface area contributed by atoms with Gasteiger partial charge in [0.25, 0.3) is 0 Å². The predicted octanol–water partition coefficient (Wildman–Crippen LogP) is 3.95. The molecule has 0 spiro atoms. The zero-order valence-electron chi connectivity index (χ0n) is 14.5. The summed E-state index contributed by atoms with van der Waals surface area (Å²) in [5.41, 5.74) is 1.24. The van der Waals surface area contributed by atoms with Gasteiger partial charge >= 0.3 is 5.97 Å². The van der Waals surface area contributed by atoms with Crippen molar-refractivity contribution in [3.05, 3.63) is 59.7 Å². The van der Waals surface area contributed by atoms with Gasteiger partial charge in [0, 0.05) is 5.56 Å². The van der Waals surface area contributed by atoms with Gasteiger partial charge in [0.2, 0.25) is 6.10 Å². The number of rotatable bonds is 6. The molecule has 25 heavy (non-hydrogen) atoms. The van der Waals surface area contributed by atoms with Crippen LogP contribution in [0.1, 0.15) is 37.0 Å². The molecule has 0 amide bonds. The van der Waals surface area contributed by atoms with E-state index in [0.717, 1.165) is 5.56 Å². The zero-order valence-corrected chi connectivity index (χ0v) is 14.5. The van der Waals surface area contributed by atoms with E-state index in [2.05, 4.69) is 0 Å². The Hall–Kier alpha value is -3.00. The Labute approximate surface area is 147 Å². The quantitative estimate of drug-likeness (QED) is 0.806. The van der Waals surface area contributed by atoms with Crippen LogP contribution in [0.25, 0.3) is 0 Å². The van der Waals surface area contributed by atoms with Crippen molar-refractivity contribution >= 4 is 5.97 Å². The van der Waals surface area contributed by atoms with Crippen LogP contribution in [0.5, 0.6) is 11.5 Å². The molecular formula is C20H21NO4. The van der Waals surface area contributed by atoms with Gasteiger partial charge in [-0.2, -0.15) is 5.26 Å². The number of carbonyl (C=O) groups excluding carboxylic acids is 1. The van der Waals surface area contributed by atoms with Crippen molar-refractivity contribution in [2.75, 3.05) is 7.11 Å². The molecule has 0 fully saturated rings. The van der Waals surface area contributed by atoms with Crippen molar-refractivity contribution in [2.45, 2.75) is 25.9 Å². The first-order valence-electron chi connectivity index (χ1n) is 7.99. The van der Waals surface area contributed by atoms with Crippen molar-refractivity contribution in [2.24, 2.45) is 5.92 Å². The fourth-order valence-electron chi connectivity index (χ4n) is 2.65. The molecule has 2 rings (SSSR count). The van der Waals surface area contributed by atoms with Crippen LogP contribution < -0.4 is 4.74 Å². The van der Waals surface area contributed by atoms with E-state index in [0.29, 0.717) is 11.3 Å². The largest absolute Gasteiger partial charge is 0.508 e. The normalized spacial score (nSPS) is 12.9. The number of carbonyl (C=O) groups is 1. The van der Waals surface area contributed by atoms with Crippen LogP contribution in [0.3, 0.4) is 0 Å². The summed E-state index contributed by atoms with van der Waals surface area (Å²) in [6, 6.07) is 15.3. The molecule has 0 aliphatic rings. The molecule has 0 radical (unpaired) electrons. The van der Waals surface area contributed by atoms with E-state index in [-0.39, 0.29) is 11.7 Å². The number of nitrogens with zero attached hydrogens (tertiary/aromatic N) is 1. The Morgan fingerprint density at radius 2 is 1.80 bits per heavy atom. The highest BCUT2D eigenvalue weighted by molar-refractivity contribution is 5.79. The SMILES string of the molecule is COc1ccc(C(C(=O)OC(C#N)c2cccc(O)c2)C(C)C)cc1. The summed E-state index contributed by atoms with van der Waals surface area (Å²) in [6.07, 6.45) is -1.07. The summed E-state index contributed by atoms with van der Waals surface area (Å²) in [5.74, 6) is -0.266. The lowest BCUT2D eigenvalue weighted by atomic mass is 9.88. The molecule has 0 heterocycles. The molecule has 0 aliphatic carbocycles. The van der Waals surface area contributed by atoms with Crippen molar-refractivity contribution in [3.63, 3.8) is 0 Å². The average Bonchev–Trinajstić information content (AvgIpc) is 2.60. The maximum Gasteiger partial charge on any atom is 0.315 e. The highest BCUT2D eigenvalue weighted by Crippen LogP contribution is 2.30. The third-order valence-electron chi connectivity index (χ3n) is 3.92. The van der Waals surface area contributed by atoms with E-state index in [9.17, 15) is 15.2 Å². The molecule has 2 atom stereocenters. The van der Waals surface area contributed by atoms with Crippen molar-refractivity contribution < 1.29 is 19.4 Å². The molecule has 2 aromatic rings. The van der Waals surface area contributed by atoms with Crippen LogP contribution in [0.2, 0.25) is 0 Å². The van der Waals surface area contributed by atoms with Crippen LogP contribution in [0.15, 0.2) is 48.5 Å². The lowest BCUT2D eigenvalue weighted by molar-refractivity contribution is -0.150. The highest BCUT2D eigenvalue weighted by atomic mass is 16.5. The van der Waals surface area contributed by atoms with Crippen molar-refractivity contribution in [1.29, 1.82) is 5.26 Å². The molecular weight excluding hydrogens is 318 g/mol. The lowest BCUT2D eigenvalue weighted by Gasteiger charge is -2.22. The maximum absolute atomic E-state index is 12.7. The number of aromatic hydroxyl groups is 1. The molecule has 0 saturated heterocycles. The number of hydrogen-bond donors (Lipinski definition) is 1.